The van der Waals surface area contributed by atoms with Crippen molar-refractivity contribution >= 4 is 5.97 Å². The fourth-order valence-electron chi connectivity index (χ4n) is 1.36. The summed E-state index contributed by atoms with van der Waals surface area (Å²) in [6.07, 6.45) is 1.45. The van der Waals surface area contributed by atoms with E-state index >= 15 is 0 Å². The highest BCUT2D eigenvalue weighted by atomic mass is 16.5. The van der Waals surface area contributed by atoms with Crippen LogP contribution in [0.1, 0.15) is 37.0 Å². The van der Waals surface area contributed by atoms with Crippen molar-refractivity contribution in [2.24, 2.45) is 0 Å². The smallest absolute Gasteiger partial charge is 0.345 e. The van der Waals surface area contributed by atoms with Gasteiger partial charge in [-0.2, -0.15) is 0 Å². The number of esters is 1. The summed E-state index contributed by atoms with van der Waals surface area (Å²) >= 11 is 0. The summed E-state index contributed by atoms with van der Waals surface area (Å²) in [7, 11) is 0. The number of phenolic OH excluding ortho intramolecular Hbond substituents is 2. The predicted octanol–water partition coefficient (Wildman–Crippen LogP) is 2.45. The maximum atomic E-state index is 11.8. The fourth-order valence-corrected chi connectivity index (χ4v) is 1.36. The van der Waals surface area contributed by atoms with Crippen LogP contribution in [0.5, 0.6) is 17.2 Å². The van der Waals surface area contributed by atoms with Crippen molar-refractivity contribution in [1.82, 2.24) is 0 Å². The molecule has 1 aromatic rings. The third-order valence-electron chi connectivity index (χ3n) is 2.22. The molecule has 18 heavy (non-hydrogen) atoms. The van der Waals surface area contributed by atoms with Crippen LogP contribution >= 0.6 is 0 Å². The lowest BCUT2D eigenvalue weighted by Gasteiger charge is -2.12. The molecule has 0 aromatic heterocycles. The molecule has 0 saturated heterocycles. The van der Waals surface area contributed by atoms with Crippen molar-refractivity contribution in [2.75, 3.05) is 13.2 Å². The molecule has 0 amide bonds. The van der Waals surface area contributed by atoms with Crippen molar-refractivity contribution < 1.29 is 24.5 Å². The van der Waals surface area contributed by atoms with Gasteiger partial charge in [-0.1, -0.05) is 13.8 Å². The van der Waals surface area contributed by atoms with Crippen LogP contribution in [-0.4, -0.2) is 29.4 Å². The Hall–Kier alpha value is -1.91. The number of phenols is 2. The molecule has 0 aliphatic carbocycles. The minimum absolute atomic E-state index is 0.128. The van der Waals surface area contributed by atoms with Crippen LogP contribution in [0.2, 0.25) is 0 Å². The maximum Gasteiger partial charge on any atom is 0.345 e. The Morgan fingerprint density at radius 1 is 1.17 bits per heavy atom. The summed E-state index contributed by atoms with van der Waals surface area (Å²) in [5, 5.41) is 19.1. The Bertz CT molecular complexity index is 414. The molecule has 0 heterocycles. The van der Waals surface area contributed by atoms with Gasteiger partial charge in [0.2, 0.25) is 0 Å². The number of benzene rings is 1. The van der Waals surface area contributed by atoms with E-state index < -0.39 is 11.7 Å². The Kier molecular flexibility index (Phi) is 5.30. The highest BCUT2D eigenvalue weighted by molar-refractivity contribution is 5.96. The number of carbonyl (C=O) groups excluding carboxylic acids is 1. The largest absolute Gasteiger partial charge is 0.504 e. The first-order chi connectivity index (χ1) is 8.61. The van der Waals surface area contributed by atoms with E-state index in [0.717, 1.165) is 6.42 Å². The van der Waals surface area contributed by atoms with Gasteiger partial charge in [-0.05, 0) is 25.0 Å². The van der Waals surface area contributed by atoms with Gasteiger partial charge < -0.3 is 19.7 Å². The lowest BCUT2D eigenvalue weighted by molar-refractivity contribution is 0.0496. The first-order valence-electron chi connectivity index (χ1n) is 5.96. The Balaban J connectivity index is 3.03. The molecule has 0 atom stereocenters. The molecule has 1 aromatic carbocycles. The molecule has 0 bridgehead atoms. The molecule has 0 saturated carbocycles. The summed E-state index contributed by atoms with van der Waals surface area (Å²) < 4.78 is 10.3. The second-order valence-corrected chi connectivity index (χ2v) is 3.79. The lowest BCUT2D eigenvalue weighted by Crippen LogP contribution is -2.09. The summed E-state index contributed by atoms with van der Waals surface area (Å²) in [5.41, 5.74) is -0.128. The topological polar surface area (TPSA) is 76.0 Å². The van der Waals surface area contributed by atoms with Crippen LogP contribution in [0.3, 0.4) is 0 Å². The van der Waals surface area contributed by atoms with E-state index in [2.05, 4.69) is 0 Å². The molecular formula is C13H18O5. The lowest BCUT2D eigenvalue weighted by atomic mass is 10.1. The third kappa shape index (κ3) is 3.29. The first kappa shape index (κ1) is 14.2. The Morgan fingerprint density at radius 2 is 1.83 bits per heavy atom. The zero-order chi connectivity index (χ0) is 13.5. The standard InChI is InChI=1S/C13H18O5/c1-3-7-17-10-6-5-9(14)12(15)11(10)13(16)18-8-4-2/h5-6,14-15H,3-4,7-8H2,1-2H3. The molecule has 1 rings (SSSR count). The molecule has 5 heteroatoms. The average Bonchev–Trinajstić information content (AvgIpc) is 2.37. The van der Waals surface area contributed by atoms with Gasteiger partial charge in [0.1, 0.15) is 11.3 Å². The van der Waals surface area contributed by atoms with Gasteiger partial charge in [-0.15, -0.1) is 0 Å². The van der Waals surface area contributed by atoms with Gasteiger partial charge in [0.25, 0.3) is 0 Å². The van der Waals surface area contributed by atoms with E-state index in [9.17, 15) is 15.0 Å². The number of hydrogen-bond acceptors (Lipinski definition) is 5. The van der Waals surface area contributed by atoms with Gasteiger partial charge >= 0.3 is 5.97 Å². The van der Waals surface area contributed by atoms with Gasteiger partial charge in [0, 0.05) is 0 Å². The zero-order valence-electron chi connectivity index (χ0n) is 10.6. The van der Waals surface area contributed by atoms with Gasteiger partial charge in [-0.25, -0.2) is 4.79 Å². The van der Waals surface area contributed by atoms with Gasteiger partial charge in [0.15, 0.2) is 11.5 Å². The molecule has 0 fully saturated rings. The van der Waals surface area contributed by atoms with Crippen molar-refractivity contribution in [3.63, 3.8) is 0 Å². The van der Waals surface area contributed by atoms with Crippen LogP contribution in [-0.2, 0) is 4.74 Å². The minimum atomic E-state index is -0.698. The zero-order valence-corrected chi connectivity index (χ0v) is 10.6. The summed E-state index contributed by atoms with van der Waals surface area (Å²) in [6, 6.07) is 2.71. The summed E-state index contributed by atoms with van der Waals surface area (Å²) in [5.74, 6) is -1.36. The van der Waals surface area contributed by atoms with Gasteiger partial charge in [0.05, 0.1) is 13.2 Å². The maximum absolute atomic E-state index is 11.8. The van der Waals surface area contributed by atoms with Crippen molar-refractivity contribution in [1.29, 1.82) is 0 Å². The van der Waals surface area contributed by atoms with E-state index in [1.165, 1.54) is 12.1 Å². The Labute approximate surface area is 106 Å². The monoisotopic (exact) mass is 254 g/mol. The first-order valence-corrected chi connectivity index (χ1v) is 5.96. The van der Waals surface area contributed by atoms with Crippen LogP contribution in [0.25, 0.3) is 0 Å². The molecule has 5 nitrogen and oxygen atoms in total. The Morgan fingerprint density at radius 3 is 2.44 bits per heavy atom. The second-order valence-electron chi connectivity index (χ2n) is 3.79. The average molecular weight is 254 g/mol. The molecule has 100 valence electrons. The van der Waals surface area contributed by atoms with Crippen molar-refractivity contribution in [2.45, 2.75) is 26.7 Å². The van der Waals surface area contributed by atoms with Crippen LogP contribution in [0.4, 0.5) is 0 Å². The quantitative estimate of drug-likeness (QED) is 0.602. The SMILES string of the molecule is CCCOC(=O)c1c(OCCC)ccc(O)c1O. The fraction of sp³-hybridized carbons (Fsp3) is 0.462. The van der Waals surface area contributed by atoms with E-state index in [0.29, 0.717) is 13.0 Å². The van der Waals surface area contributed by atoms with E-state index in [1.54, 1.807) is 0 Å². The molecule has 0 radical (unpaired) electrons. The van der Waals surface area contributed by atoms with E-state index in [-0.39, 0.29) is 23.7 Å². The number of aromatic hydroxyl groups is 2. The minimum Gasteiger partial charge on any atom is -0.504 e. The summed E-state index contributed by atoms with van der Waals surface area (Å²) in [6.45, 7) is 4.46. The highest BCUT2D eigenvalue weighted by Gasteiger charge is 2.21. The van der Waals surface area contributed by atoms with E-state index in [1.807, 2.05) is 13.8 Å². The number of carbonyl (C=O) groups is 1. The van der Waals surface area contributed by atoms with E-state index in [4.69, 9.17) is 9.47 Å². The normalized spacial score (nSPS) is 10.1. The van der Waals surface area contributed by atoms with Crippen LogP contribution < -0.4 is 4.74 Å². The second kappa shape index (κ2) is 6.74. The van der Waals surface area contributed by atoms with Crippen molar-refractivity contribution in [3.8, 4) is 17.2 Å². The predicted molar refractivity (Wildman–Crippen MR) is 66.1 cm³/mol. The third-order valence-corrected chi connectivity index (χ3v) is 2.22. The molecular weight excluding hydrogens is 236 g/mol. The molecule has 0 spiro atoms. The number of ether oxygens (including phenoxy) is 2. The van der Waals surface area contributed by atoms with Crippen LogP contribution in [0, 0.1) is 0 Å². The van der Waals surface area contributed by atoms with Crippen molar-refractivity contribution in [3.05, 3.63) is 17.7 Å². The van der Waals surface area contributed by atoms with Gasteiger partial charge in [-0.3, -0.25) is 0 Å². The molecule has 0 unspecified atom stereocenters. The highest BCUT2D eigenvalue weighted by Crippen LogP contribution is 2.36. The summed E-state index contributed by atoms with van der Waals surface area (Å²) in [4.78, 5) is 11.8. The van der Waals surface area contributed by atoms with Crippen LogP contribution in [0.15, 0.2) is 12.1 Å². The molecule has 0 aliphatic heterocycles. The number of hydrogen-bond donors (Lipinski definition) is 2. The molecule has 2 N–H and O–H groups in total. The molecule has 0 aliphatic rings. The number of rotatable bonds is 6.